The van der Waals surface area contributed by atoms with E-state index in [9.17, 15) is 16.8 Å². The maximum Gasteiger partial charge on any atom is 0.296 e. The highest BCUT2D eigenvalue weighted by Crippen LogP contribution is 2.65. The van der Waals surface area contributed by atoms with Crippen molar-refractivity contribution in [2.75, 3.05) is 13.2 Å². The Kier molecular flexibility index (Phi) is 7.93. The van der Waals surface area contributed by atoms with Crippen LogP contribution in [0, 0.1) is 42.4 Å². The van der Waals surface area contributed by atoms with Crippen molar-refractivity contribution in [3.8, 4) is 0 Å². The van der Waals surface area contributed by atoms with Gasteiger partial charge in [-0.1, -0.05) is 55.7 Å². The molecule has 3 aliphatic carbocycles. The largest absolute Gasteiger partial charge is 0.469 e. The van der Waals surface area contributed by atoms with Crippen LogP contribution in [0.25, 0.3) is 0 Å². The van der Waals surface area contributed by atoms with Crippen LogP contribution in [-0.4, -0.2) is 30.0 Å². The molecule has 1 heterocycles. The van der Waals surface area contributed by atoms with Gasteiger partial charge in [-0.25, -0.2) is 0 Å². The van der Waals surface area contributed by atoms with Crippen LogP contribution in [0.4, 0.5) is 0 Å². The van der Waals surface area contributed by atoms with E-state index in [1.54, 1.807) is 54.8 Å². The zero-order valence-electron chi connectivity index (χ0n) is 25.4. The Balaban J connectivity index is 1.34. The minimum absolute atomic E-state index is 0.0140. The van der Waals surface area contributed by atoms with Crippen molar-refractivity contribution in [1.29, 1.82) is 0 Å². The number of benzene rings is 2. The van der Waals surface area contributed by atoms with Gasteiger partial charge in [-0.15, -0.1) is 0 Å². The van der Waals surface area contributed by atoms with Crippen molar-refractivity contribution in [2.45, 2.75) is 81.9 Å². The molecule has 0 aliphatic heterocycles. The Morgan fingerprint density at radius 2 is 1.37 bits per heavy atom. The molecule has 9 heteroatoms. The lowest BCUT2D eigenvalue weighted by molar-refractivity contribution is -0.142. The number of fused-ring (bicyclic) bond motifs is 4. The first-order valence-electron chi connectivity index (χ1n) is 15.3. The summed E-state index contributed by atoms with van der Waals surface area (Å²) in [6, 6.07) is 15.3. The van der Waals surface area contributed by atoms with E-state index in [1.165, 1.54) is 5.56 Å². The van der Waals surface area contributed by atoms with Gasteiger partial charge in [-0.2, -0.15) is 16.8 Å². The average Bonchev–Trinajstić information content (AvgIpc) is 3.45. The lowest BCUT2D eigenvalue weighted by Crippen LogP contribution is -2.58. The van der Waals surface area contributed by atoms with E-state index in [1.807, 2.05) is 13.8 Å². The van der Waals surface area contributed by atoms with E-state index in [2.05, 4.69) is 19.9 Å². The third-order valence-electron chi connectivity index (χ3n) is 11.0. The molecule has 2 aromatic carbocycles. The molecule has 43 heavy (non-hydrogen) atoms. The van der Waals surface area contributed by atoms with Gasteiger partial charge in [0.25, 0.3) is 20.2 Å². The van der Waals surface area contributed by atoms with Gasteiger partial charge in [0.1, 0.15) is 5.76 Å². The summed E-state index contributed by atoms with van der Waals surface area (Å²) in [5, 5.41) is 0. The number of hydrogen-bond donors (Lipinski definition) is 0. The smallest absolute Gasteiger partial charge is 0.296 e. The number of rotatable bonds is 8. The van der Waals surface area contributed by atoms with E-state index in [-0.39, 0.29) is 34.3 Å². The predicted molar refractivity (Wildman–Crippen MR) is 164 cm³/mol. The summed E-state index contributed by atoms with van der Waals surface area (Å²) < 4.78 is 71.3. The number of furan rings is 1. The molecule has 3 aromatic rings. The molecular formula is C34H42O7S2. The van der Waals surface area contributed by atoms with Crippen LogP contribution in [0.5, 0.6) is 0 Å². The first-order chi connectivity index (χ1) is 20.3. The summed E-state index contributed by atoms with van der Waals surface area (Å²) in [4.78, 5) is 0.186. The SMILES string of the molecule is Cc1ccc(S(=O)(=O)OCC2(COS(=O)(=O)c3ccc(C)cc3)CCC[C@]3(C)[C@H]4Cc5occc5[C@H](C)[C@@H]4CC[C@@H]23)cc1. The van der Waals surface area contributed by atoms with E-state index in [0.29, 0.717) is 24.2 Å². The van der Waals surface area contributed by atoms with Crippen LogP contribution in [0.2, 0.25) is 0 Å². The van der Waals surface area contributed by atoms with Crippen molar-refractivity contribution in [2.24, 2.45) is 28.6 Å². The fourth-order valence-electron chi connectivity index (χ4n) is 8.66. The Morgan fingerprint density at radius 1 is 0.814 bits per heavy atom. The van der Waals surface area contributed by atoms with Gasteiger partial charge in [0.2, 0.25) is 0 Å². The summed E-state index contributed by atoms with van der Waals surface area (Å²) in [5.41, 5.74) is 2.23. The molecular weight excluding hydrogens is 585 g/mol. The van der Waals surface area contributed by atoms with Gasteiger partial charge >= 0.3 is 0 Å². The summed E-state index contributed by atoms with van der Waals surface area (Å²) in [6.07, 6.45) is 6.91. The van der Waals surface area contributed by atoms with Gasteiger partial charge in [-0.05, 0) is 105 Å². The molecule has 0 saturated heterocycles. The van der Waals surface area contributed by atoms with Crippen molar-refractivity contribution >= 4 is 20.2 Å². The fraction of sp³-hybridized carbons (Fsp3) is 0.529. The summed E-state index contributed by atoms with van der Waals surface area (Å²) in [7, 11) is -8.13. The van der Waals surface area contributed by atoms with Crippen molar-refractivity contribution in [3.05, 3.63) is 83.3 Å². The second-order valence-electron chi connectivity index (χ2n) is 13.5. The summed E-state index contributed by atoms with van der Waals surface area (Å²) >= 11 is 0. The molecule has 6 rings (SSSR count). The first-order valence-corrected chi connectivity index (χ1v) is 18.1. The second kappa shape index (κ2) is 11.2. The Bertz CT molecular complexity index is 1590. The lowest BCUT2D eigenvalue weighted by Gasteiger charge is -2.62. The van der Waals surface area contributed by atoms with Gasteiger partial charge in [0, 0.05) is 11.8 Å². The molecule has 232 valence electrons. The number of aryl methyl sites for hydroxylation is 2. The van der Waals surface area contributed by atoms with Gasteiger partial charge in [-0.3, -0.25) is 8.37 Å². The molecule has 2 saturated carbocycles. The second-order valence-corrected chi connectivity index (χ2v) is 16.7. The van der Waals surface area contributed by atoms with Crippen LogP contribution in [0.1, 0.15) is 74.3 Å². The minimum atomic E-state index is -4.07. The average molecular weight is 627 g/mol. The molecule has 0 radical (unpaired) electrons. The standard InChI is InChI=1S/C34H42O7S2/c1-23-6-10-26(11-7-23)42(35,36)40-21-34(22-41-43(37,38)27-12-8-24(2)9-13-27)18-5-17-33(4)30-20-31-29(16-19-39-31)25(3)28(30)14-15-32(33)34/h6-13,16,19,25,28,30,32H,5,14-15,17-18,20-22H2,1-4H3/t25-,28+,30+,32-,33-/m1/s1. The summed E-state index contributed by atoms with van der Waals surface area (Å²) in [5.74, 6) is 2.25. The Labute approximate surface area is 256 Å². The van der Waals surface area contributed by atoms with Crippen molar-refractivity contribution in [1.82, 2.24) is 0 Å². The minimum Gasteiger partial charge on any atom is -0.469 e. The van der Waals surface area contributed by atoms with Crippen LogP contribution >= 0.6 is 0 Å². The van der Waals surface area contributed by atoms with Crippen LogP contribution in [0.3, 0.4) is 0 Å². The van der Waals surface area contributed by atoms with E-state index in [0.717, 1.165) is 49.0 Å². The monoisotopic (exact) mass is 626 g/mol. The van der Waals surface area contributed by atoms with Crippen molar-refractivity contribution < 1.29 is 29.6 Å². The molecule has 7 nitrogen and oxygen atoms in total. The highest BCUT2D eigenvalue weighted by molar-refractivity contribution is 7.87. The Morgan fingerprint density at radius 3 is 1.93 bits per heavy atom. The zero-order chi connectivity index (χ0) is 30.6. The topological polar surface area (TPSA) is 99.9 Å². The molecule has 0 spiro atoms. The summed E-state index contributed by atoms with van der Waals surface area (Å²) in [6.45, 7) is 8.15. The van der Waals surface area contributed by atoms with E-state index >= 15 is 0 Å². The molecule has 0 N–H and O–H groups in total. The zero-order valence-corrected chi connectivity index (χ0v) is 27.0. The molecule has 0 unspecified atom stereocenters. The maximum absolute atomic E-state index is 13.4. The molecule has 0 amide bonds. The lowest BCUT2D eigenvalue weighted by atomic mass is 9.43. The fourth-order valence-corrected chi connectivity index (χ4v) is 10.6. The Hall–Kier alpha value is -2.46. The first kappa shape index (κ1) is 30.6. The predicted octanol–water partition coefficient (Wildman–Crippen LogP) is 7.19. The molecule has 5 atom stereocenters. The van der Waals surface area contributed by atoms with Crippen LogP contribution < -0.4 is 0 Å². The van der Waals surface area contributed by atoms with Crippen LogP contribution in [-0.2, 0) is 35.0 Å². The van der Waals surface area contributed by atoms with E-state index < -0.39 is 25.7 Å². The molecule has 2 fully saturated rings. The third-order valence-corrected chi connectivity index (χ3v) is 13.6. The molecule has 0 bridgehead atoms. The van der Waals surface area contributed by atoms with Gasteiger partial charge in [0.05, 0.1) is 29.3 Å². The van der Waals surface area contributed by atoms with Gasteiger partial charge < -0.3 is 4.42 Å². The third kappa shape index (κ3) is 5.51. The quantitative estimate of drug-likeness (QED) is 0.244. The molecule has 3 aliphatic rings. The normalized spacial score (nSPS) is 28.5. The molecule has 1 aromatic heterocycles. The highest BCUT2D eigenvalue weighted by Gasteiger charge is 2.60. The van der Waals surface area contributed by atoms with Crippen LogP contribution in [0.15, 0.2) is 75.1 Å². The maximum atomic E-state index is 13.4. The van der Waals surface area contributed by atoms with E-state index in [4.69, 9.17) is 12.8 Å². The number of hydrogen-bond acceptors (Lipinski definition) is 7. The van der Waals surface area contributed by atoms with Gasteiger partial charge in [0.15, 0.2) is 0 Å². The highest BCUT2D eigenvalue weighted by atomic mass is 32.2. The van der Waals surface area contributed by atoms with Crippen molar-refractivity contribution in [3.63, 3.8) is 0 Å².